The summed E-state index contributed by atoms with van der Waals surface area (Å²) in [7, 11) is -3.76. The molecule has 0 unspecified atom stereocenters. The lowest BCUT2D eigenvalue weighted by Gasteiger charge is -2.34. The molecule has 11 nitrogen and oxygen atoms in total. The Kier molecular flexibility index (Phi) is 6.71. The van der Waals surface area contributed by atoms with Crippen molar-refractivity contribution in [3.63, 3.8) is 0 Å². The Labute approximate surface area is 197 Å². The van der Waals surface area contributed by atoms with Crippen LogP contribution in [-0.2, 0) is 19.6 Å². The summed E-state index contributed by atoms with van der Waals surface area (Å²) < 4.78 is 32.1. The van der Waals surface area contributed by atoms with Crippen LogP contribution >= 0.6 is 0 Å². The lowest BCUT2D eigenvalue weighted by molar-refractivity contribution is -0.131. The number of aromatic nitrogens is 1. The highest BCUT2D eigenvalue weighted by Gasteiger charge is 2.34. The molecule has 2 aliphatic rings. The van der Waals surface area contributed by atoms with Crippen LogP contribution in [0.25, 0.3) is 0 Å². The monoisotopic (exact) mass is 489 g/mol. The number of sulfonamides is 1. The van der Waals surface area contributed by atoms with Crippen LogP contribution in [0, 0.1) is 13.8 Å². The number of rotatable bonds is 6. The maximum absolute atomic E-state index is 12.9. The zero-order valence-electron chi connectivity index (χ0n) is 19.1. The number of hydrogen-bond acceptors (Lipinski definition) is 7. The zero-order chi connectivity index (χ0) is 24.5. The fourth-order valence-electron chi connectivity index (χ4n) is 4.23. The van der Waals surface area contributed by atoms with Crippen molar-refractivity contribution in [2.45, 2.75) is 31.6 Å². The molecule has 0 aliphatic carbocycles. The number of carbonyl (C=O) groups excluding carboxylic acids is 3. The molecule has 1 N–H and O–H groups in total. The number of piperazine rings is 1. The molecule has 3 heterocycles. The van der Waals surface area contributed by atoms with Gasteiger partial charge in [0.2, 0.25) is 21.8 Å². The molecule has 2 aliphatic heterocycles. The van der Waals surface area contributed by atoms with Gasteiger partial charge < -0.3 is 19.6 Å². The number of aryl methyl sites for hydroxylation is 2. The normalized spacial score (nSPS) is 17.3. The van der Waals surface area contributed by atoms with Crippen molar-refractivity contribution in [3.05, 3.63) is 41.3 Å². The summed E-state index contributed by atoms with van der Waals surface area (Å²) in [5.41, 5.74) is 1.44. The van der Waals surface area contributed by atoms with Crippen LogP contribution in [0.1, 0.15) is 34.7 Å². The van der Waals surface area contributed by atoms with Gasteiger partial charge in [-0.2, -0.15) is 4.31 Å². The van der Waals surface area contributed by atoms with E-state index >= 15 is 0 Å². The first-order chi connectivity index (χ1) is 16.2. The summed E-state index contributed by atoms with van der Waals surface area (Å²) >= 11 is 0. The lowest BCUT2D eigenvalue weighted by atomic mass is 10.2. The van der Waals surface area contributed by atoms with Gasteiger partial charge >= 0.3 is 0 Å². The molecule has 1 aromatic carbocycles. The van der Waals surface area contributed by atoms with Crippen molar-refractivity contribution in [1.82, 2.24) is 19.7 Å². The fraction of sp³-hybridized carbons (Fsp3) is 0.455. The molecule has 2 saturated heterocycles. The van der Waals surface area contributed by atoms with Crippen molar-refractivity contribution < 1.29 is 27.3 Å². The van der Waals surface area contributed by atoms with E-state index in [0.29, 0.717) is 24.2 Å². The SMILES string of the molecule is Cc1noc(C)c1S(=O)(=O)N1CCN(C(=O)CNC(=O)c2ccc(N3CCCC3=O)cc2)CC1. The fourth-order valence-corrected chi connectivity index (χ4v) is 5.95. The van der Waals surface area contributed by atoms with E-state index in [1.54, 1.807) is 43.0 Å². The molecular weight excluding hydrogens is 462 g/mol. The van der Waals surface area contributed by atoms with Gasteiger partial charge in [-0.1, -0.05) is 5.16 Å². The Morgan fingerprint density at radius 1 is 1.06 bits per heavy atom. The summed E-state index contributed by atoms with van der Waals surface area (Å²) in [5, 5.41) is 6.32. The lowest BCUT2D eigenvalue weighted by Crippen LogP contribution is -2.52. The smallest absolute Gasteiger partial charge is 0.251 e. The third-order valence-electron chi connectivity index (χ3n) is 6.07. The van der Waals surface area contributed by atoms with E-state index in [2.05, 4.69) is 10.5 Å². The third-order valence-corrected chi connectivity index (χ3v) is 8.22. The Morgan fingerprint density at radius 3 is 2.29 bits per heavy atom. The van der Waals surface area contributed by atoms with Crippen molar-refractivity contribution in [2.24, 2.45) is 0 Å². The molecule has 2 fully saturated rings. The van der Waals surface area contributed by atoms with Gasteiger partial charge in [-0.15, -0.1) is 0 Å². The van der Waals surface area contributed by atoms with Crippen molar-refractivity contribution in [1.29, 1.82) is 0 Å². The first kappa shape index (κ1) is 23.9. The summed E-state index contributed by atoms with van der Waals surface area (Å²) in [4.78, 5) is 40.1. The average Bonchev–Trinajstić information content (AvgIpc) is 3.42. The zero-order valence-corrected chi connectivity index (χ0v) is 19.9. The van der Waals surface area contributed by atoms with E-state index in [0.717, 1.165) is 12.1 Å². The summed E-state index contributed by atoms with van der Waals surface area (Å²) in [6.45, 7) is 4.32. The van der Waals surface area contributed by atoms with Crippen LogP contribution in [0.4, 0.5) is 5.69 Å². The van der Waals surface area contributed by atoms with Crippen LogP contribution in [0.5, 0.6) is 0 Å². The number of benzene rings is 1. The third kappa shape index (κ3) is 4.68. The van der Waals surface area contributed by atoms with Gasteiger partial charge in [0.05, 0.1) is 6.54 Å². The number of nitrogens with zero attached hydrogens (tertiary/aromatic N) is 4. The van der Waals surface area contributed by atoms with Gasteiger partial charge in [-0.25, -0.2) is 8.42 Å². The first-order valence-electron chi connectivity index (χ1n) is 11.1. The Hall–Kier alpha value is -3.25. The standard InChI is InChI=1S/C22H27N5O6S/c1-15-21(16(2)33-24-15)34(31,32)26-12-10-25(11-13-26)20(29)14-23-22(30)17-5-7-18(8-6-17)27-9-3-4-19(27)28/h5-8H,3-4,9-14H2,1-2H3,(H,23,30). The topological polar surface area (TPSA) is 133 Å². The Morgan fingerprint density at radius 2 is 1.74 bits per heavy atom. The molecule has 182 valence electrons. The second kappa shape index (κ2) is 9.55. The van der Waals surface area contributed by atoms with Crippen LogP contribution < -0.4 is 10.2 Å². The summed E-state index contributed by atoms with van der Waals surface area (Å²) in [5.74, 6) is -0.379. The molecular formula is C22H27N5O6S. The minimum Gasteiger partial charge on any atom is -0.360 e. The van der Waals surface area contributed by atoms with E-state index in [9.17, 15) is 22.8 Å². The summed E-state index contributed by atoms with van der Waals surface area (Å²) in [6, 6.07) is 6.69. The highest BCUT2D eigenvalue weighted by atomic mass is 32.2. The molecule has 1 aromatic heterocycles. The van der Waals surface area contributed by atoms with E-state index in [1.807, 2.05) is 0 Å². The molecule has 2 aromatic rings. The first-order valence-corrected chi connectivity index (χ1v) is 12.5. The second-order valence-corrected chi connectivity index (χ2v) is 10.2. The molecule has 3 amide bonds. The van der Waals surface area contributed by atoms with Crippen molar-refractivity contribution in [3.8, 4) is 0 Å². The van der Waals surface area contributed by atoms with Crippen LogP contribution in [0.15, 0.2) is 33.7 Å². The molecule has 0 atom stereocenters. The predicted octanol–water partition coefficient (Wildman–Crippen LogP) is 0.681. The Balaban J connectivity index is 1.28. The molecule has 0 radical (unpaired) electrons. The van der Waals surface area contributed by atoms with Gasteiger partial charge in [0, 0.05) is 50.4 Å². The molecule has 12 heteroatoms. The maximum Gasteiger partial charge on any atom is 0.251 e. The van der Waals surface area contributed by atoms with Crippen LogP contribution in [0.3, 0.4) is 0 Å². The molecule has 34 heavy (non-hydrogen) atoms. The number of hydrogen-bond donors (Lipinski definition) is 1. The minimum atomic E-state index is -3.76. The van der Waals surface area contributed by atoms with Gasteiger partial charge in [0.15, 0.2) is 5.76 Å². The molecule has 0 saturated carbocycles. The second-order valence-electron chi connectivity index (χ2n) is 8.32. The number of carbonyl (C=O) groups is 3. The average molecular weight is 490 g/mol. The molecule has 4 rings (SSSR count). The minimum absolute atomic E-state index is 0.0691. The maximum atomic E-state index is 12.9. The highest BCUT2D eigenvalue weighted by molar-refractivity contribution is 7.89. The summed E-state index contributed by atoms with van der Waals surface area (Å²) in [6.07, 6.45) is 1.35. The van der Waals surface area contributed by atoms with Gasteiger partial charge in [0.1, 0.15) is 10.6 Å². The van der Waals surface area contributed by atoms with E-state index < -0.39 is 15.9 Å². The number of amides is 3. The van der Waals surface area contributed by atoms with Crippen LogP contribution in [-0.4, -0.2) is 79.8 Å². The van der Waals surface area contributed by atoms with Gasteiger partial charge in [0.25, 0.3) is 5.91 Å². The van der Waals surface area contributed by atoms with Gasteiger partial charge in [-0.3, -0.25) is 14.4 Å². The number of nitrogens with one attached hydrogen (secondary N) is 1. The number of anilines is 1. The van der Waals surface area contributed by atoms with E-state index in [-0.39, 0.29) is 55.2 Å². The molecule has 0 bridgehead atoms. The van der Waals surface area contributed by atoms with E-state index in [4.69, 9.17) is 4.52 Å². The largest absolute Gasteiger partial charge is 0.360 e. The predicted molar refractivity (Wildman–Crippen MR) is 122 cm³/mol. The van der Waals surface area contributed by atoms with Crippen LogP contribution in [0.2, 0.25) is 0 Å². The quantitative estimate of drug-likeness (QED) is 0.631. The molecule has 0 spiro atoms. The van der Waals surface area contributed by atoms with Gasteiger partial charge in [-0.05, 0) is 44.5 Å². The Bertz CT molecular complexity index is 1180. The van der Waals surface area contributed by atoms with Crippen molar-refractivity contribution >= 4 is 33.4 Å². The highest BCUT2D eigenvalue weighted by Crippen LogP contribution is 2.24. The van der Waals surface area contributed by atoms with Crippen molar-refractivity contribution in [2.75, 3.05) is 44.2 Å². The van der Waals surface area contributed by atoms with E-state index in [1.165, 1.54) is 9.21 Å².